The third kappa shape index (κ3) is 5.71. The largest absolute Gasteiger partial charge is 0.481 e. The van der Waals surface area contributed by atoms with E-state index in [9.17, 15) is 14.4 Å². The van der Waals surface area contributed by atoms with Crippen molar-refractivity contribution >= 4 is 29.5 Å². The molecule has 0 radical (unpaired) electrons. The number of nitrogens with zero attached hydrogens (tertiary/aromatic N) is 1. The third-order valence-corrected chi connectivity index (χ3v) is 2.74. The van der Waals surface area contributed by atoms with Crippen LogP contribution in [0, 0.1) is 0 Å². The standard InChI is InChI=1S/C13H15ClN2O4/c1-16(8-9-2-4-10(14)5-3-9)13(20)15-11(17)6-7-12(18)19/h2-5H,6-8H2,1H3,(H,18,19)(H,15,17,20). The Morgan fingerprint density at radius 1 is 1.20 bits per heavy atom. The summed E-state index contributed by atoms with van der Waals surface area (Å²) in [6.45, 7) is 0.315. The predicted octanol–water partition coefficient (Wildman–Crippen LogP) is 1.87. The molecule has 0 atom stereocenters. The average molecular weight is 299 g/mol. The van der Waals surface area contributed by atoms with E-state index in [1.54, 1.807) is 24.3 Å². The number of imide groups is 1. The number of hydrogen-bond acceptors (Lipinski definition) is 3. The summed E-state index contributed by atoms with van der Waals surface area (Å²) in [5.41, 5.74) is 0.866. The number of halogens is 1. The first-order valence-electron chi connectivity index (χ1n) is 5.89. The number of carboxylic acids is 1. The minimum Gasteiger partial charge on any atom is -0.481 e. The number of rotatable bonds is 5. The Labute approximate surface area is 121 Å². The van der Waals surface area contributed by atoms with Crippen LogP contribution in [0.4, 0.5) is 4.79 Å². The second-order valence-corrected chi connectivity index (χ2v) is 4.67. The van der Waals surface area contributed by atoms with Crippen LogP contribution in [-0.4, -0.2) is 35.0 Å². The second kappa shape index (κ2) is 7.49. The average Bonchev–Trinajstić information content (AvgIpc) is 2.39. The molecule has 2 N–H and O–H groups in total. The van der Waals surface area contributed by atoms with Crippen LogP contribution >= 0.6 is 11.6 Å². The Morgan fingerprint density at radius 3 is 2.35 bits per heavy atom. The Hall–Kier alpha value is -2.08. The Morgan fingerprint density at radius 2 is 1.80 bits per heavy atom. The number of carboxylic acid groups (broad SMARTS) is 1. The smallest absolute Gasteiger partial charge is 0.324 e. The molecule has 108 valence electrons. The van der Waals surface area contributed by atoms with Gasteiger partial charge in [-0.1, -0.05) is 23.7 Å². The lowest BCUT2D eigenvalue weighted by atomic mass is 10.2. The molecular formula is C13H15ClN2O4. The first kappa shape index (κ1) is 16.0. The summed E-state index contributed by atoms with van der Waals surface area (Å²) in [6, 6.07) is 6.40. The molecule has 0 saturated carbocycles. The highest BCUT2D eigenvalue weighted by Gasteiger charge is 2.13. The monoisotopic (exact) mass is 298 g/mol. The molecular weight excluding hydrogens is 284 g/mol. The maximum absolute atomic E-state index is 11.7. The molecule has 1 aromatic carbocycles. The molecule has 0 aliphatic heterocycles. The number of amides is 3. The summed E-state index contributed by atoms with van der Waals surface area (Å²) in [7, 11) is 1.54. The third-order valence-electron chi connectivity index (χ3n) is 2.49. The maximum atomic E-state index is 11.7. The van der Waals surface area contributed by atoms with Crippen molar-refractivity contribution in [2.45, 2.75) is 19.4 Å². The summed E-state index contributed by atoms with van der Waals surface area (Å²) >= 11 is 5.75. The van der Waals surface area contributed by atoms with Crippen molar-refractivity contribution in [3.8, 4) is 0 Å². The first-order chi connectivity index (χ1) is 9.38. The number of aliphatic carboxylic acids is 1. The second-order valence-electron chi connectivity index (χ2n) is 4.23. The van der Waals surface area contributed by atoms with Crippen molar-refractivity contribution < 1.29 is 19.5 Å². The summed E-state index contributed by atoms with van der Waals surface area (Å²) in [5.74, 6) is -1.69. The highest BCUT2D eigenvalue weighted by atomic mass is 35.5. The molecule has 20 heavy (non-hydrogen) atoms. The van der Waals surface area contributed by atoms with Crippen LogP contribution in [0.1, 0.15) is 18.4 Å². The minimum atomic E-state index is -1.08. The van der Waals surface area contributed by atoms with Gasteiger partial charge in [0, 0.05) is 25.0 Å². The van der Waals surface area contributed by atoms with Gasteiger partial charge in [0.15, 0.2) is 0 Å². The fraction of sp³-hybridized carbons (Fsp3) is 0.308. The van der Waals surface area contributed by atoms with Crippen LogP contribution in [0.3, 0.4) is 0 Å². The topological polar surface area (TPSA) is 86.7 Å². The number of benzene rings is 1. The molecule has 0 fully saturated rings. The van der Waals surface area contributed by atoms with Crippen LogP contribution in [0.5, 0.6) is 0 Å². The van der Waals surface area contributed by atoms with Crippen LogP contribution in [0.25, 0.3) is 0 Å². The number of carbonyl (C=O) groups excluding carboxylic acids is 2. The molecule has 0 spiro atoms. The van der Waals surface area contributed by atoms with Crippen molar-refractivity contribution in [1.82, 2.24) is 10.2 Å². The molecule has 0 aromatic heterocycles. The van der Waals surface area contributed by atoms with Gasteiger partial charge in [-0.15, -0.1) is 0 Å². The zero-order valence-electron chi connectivity index (χ0n) is 10.9. The van der Waals surface area contributed by atoms with Gasteiger partial charge >= 0.3 is 12.0 Å². The van der Waals surface area contributed by atoms with Crippen molar-refractivity contribution in [3.05, 3.63) is 34.9 Å². The Bertz CT molecular complexity index is 502. The van der Waals surface area contributed by atoms with Gasteiger partial charge in [0.05, 0.1) is 6.42 Å². The molecule has 0 bridgehead atoms. The van der Waals surface area contributed by atoms with E-state index in [1.165, 1.54) is 11.9 Å². The maximum Gasteiger partial charge on any atom is 0.324 e. The van der Waals surface area contributed by atoms with E-state index in [0.29, 0.717) is 11.6 Å². The van der Waals surface area contributed by atoms with Gasteiger partial charge < -0.3 is 10.0 Å². The zero-order valence-corrected chi connectivity index (χ0v) is 11.7. The quantitative estimate of drug-likeness (QED) is 0.869. The van der Waals surface area contributed by atoms with Gasteiger partial charge in [-0.3, -0.25) is 14.9 Å². The van der Waals surface area contributed by atoms with E-state index in [-0.39, 0.29) is 12.8 Å². The number of hydrogen-bond donors (Lipinski definition) is 2. The van der Waals surface area contributed by atoms with Crippen LogP contribution < -0.4 is 5.32 Å². The van der Waals surface area contributed by atoms with Crippen molar-refractivity contribution in [1.29, 1.82) is 0 Å². The highest BCUT2D eigenvalue weighted by molar-refractivity contribution is 6.30. The highest BCUT2D eigenvalue weighted by Crippen LogP contribution is 2.10. The first-order valence-corrected chi connectivity index (χ1v) is 6.27. The number of urea groups is 1. The van der Waals surface area contributed by atoms with Crippen LogP contribution in [0.2, 0.25) is 5.02 Å². The van der Waals surface area contributed by atoms with Gasteiger partial charge in [-0.25, -0.2) is 4.79 Å². The van der Waals surface area contributed by atoms with E-state index in [4.69, 9.17) is 16.7 Å². The van der Waals surface area contributed by atoms with Crippen molar-refractivity contribution in [3.63, 3.8) is 0 Å². The molecule has 0 heterocycles. The minimum absolute atomic E-state index is 0.226. The summed E-state index contributed by atoms with van der Waals surface area (Å²) in [6.07, 6.45) is -0.532. The van der Waals surface area contributed by atoms with E-state index in [2.05, 4.69) is 5.32 Å². The summed E-state index contributed by atoms with van der Waals surface area (Å²) in [5, 5.41) is 11.2. The SMILES string of the molecule is CN(Cc1ccc(Cl)cc1)C(=O)NC(=O)CCC(=O)O. The van der Waals surface area contributed by atoms with Gasteiger partial charge in [-0.05, 0) is 17.7 Å². The van der Waals surface area contributed by atoms with Crippen LogP contribution in [-0.2, 0) is 16.1 Å². The van der Waals surface area contributed by atoms with Gasteiger partial charge in [-0.2, -0.15) is 0 Å². The Balaban J connectivity index is 2.44. The molecule has 1 rings (SSSR count). The molecule has 3 amide bonds. The number of carbonyl (C=O) groups is 3. The fourth-order valence-corrected chi connectivity index (χ4v) is 1.56. The zero-order chi connectivity index (χ0) is 15.1. The van der Waals surface area contributed by atoms with Gasteiger partial charge in [0.1, 0.15) is 0 Å². The van der Waals surface area contributed by atoms with E-state index in [0.717, 1.165) is 5.56 Å². The summed E-state index contributed by atoms with van der Waals surface area (Å²) in [4.78, 5) is 34.6. The van der Waals surface area contributed by atoms with E-state index in [1.807, 2.05) is 0 Å². The molecule has 0 saturated heterocycles. The van der Waals surface area contributed by atoms with Crippen LogP contribution in [0.15, 0.2) is 24.3 Å². The molecule has 0 aliphatic rings. The molecule has 0 aliphatic carbocycles. The van der Waals surface area contributed by atoms with Gasteiger partial charge in [0.25, 0.3) is 0 Å². The normalized spacial score (nSPS) is 9.90. The predicted molar refractivity (Wildman–Crippen MR) is 73.3 cm³/mol. The van der Waals surface area contributed by atoms with Gasteiger partial charge in [0.2, 0.25) is 5.91 Å². The Kier molecular flexibility index (Phi) is 5.99. The van der Waals surface area contributed by atoms with Crippen molar-refractivity contribution in [2.75, 3.05) is 7.05 Å². The molecule has 7 heteroatoms. The lowest BCUT2D eigenvalue weighted by molar-refractivity contribution is -0.138. The molecule has 0 unspecified atom stereocenters. The van der Waals surface area contributed by atoms with Crippen molar-refractivity contribution in [2.24, 2.45) is 0 Å². The molecule has 6 nitrogen and oxygen atoms in total. The fourth-order valence-electron chi connectivity index (χ4n) is 1.43. The lowest BCUT2D eigenvalue weighted by Gasteiger charge is -2.17. The molecule has 1 aromatic rings. The number of nitrogens with one attached hydrogen (secondary N) is 1. The van der Waals surface area contributed by atoms with E-state index >= 15 is 0 Å². The summed E-state index contributed by atoms with van der Waals surface area (Å²) < 4.78 is 0. The van der Waals surface area contributed by atoms with E-state index < -0.39 is 17.9 Å². The lowest BCUT2D eigenvalue weighted by Crippen LogP contribution is -2.40.